The minimum Gasteiger partial charge on any atom is -0.469 e. The third-order valence-electron chi connectivity index (χ3n) is 2.50. The number of esters is 2. The van der Waals surface area contributed by atoms with Crippen LogP contribution in [0.3, 0.4) is 0 Å². The molecular formula is C9H14O4. The first kappa shape index (κ1) is 10.0. The second-order valence-electron chi connectivity index (χ2n) is 3.25. The van der Waals surface area contributed by atoms with Gasteiger partial charge in [0.05, 0.1) is 26.1 Å². The van der Waals surface area contributed by atoms with Crippen LogP contribution in [-0.2, 0) is 19.1 Å². The standard InChI is InChI=1S/C9H14O4/c1-12-8(10)6-3-4-7(5-6)9(11)13-2/h6-7H,3-5H2,1-2H3/t6-,7-/m0/s1. The molecule has 2 atom stereocenters. The zero-order chi connectivity index (χ0) is 9.84. The molecule has 1 aliphatic carbocycles. The van der Waals surface area contributed by atoms with Gasteiger partial charge in [-0.3, -0.25) is 9.59 Å². The summed E-state index contributed by atoms with van der Waals surface area (Å²) < 4.78 is 9.21. The van der Waals surface area contributed by atoms with Crippen molar-refractivity contribution in [1.82, 2.24) is 0 Å². The molecule has 0 spiro atoms. The highest BCUT2D eigenvalue weighted by Crippen LogP contribution is 2.32. The van der Waals surface area contributed by atoms with Crippen LogP contribution in [0.25, 0.3) is 0 Å². The fraction of sp³-hybridized carbons (Fsp3) is 0.778. The average molecular weight is 186 g/mol. The van der Waals surface area contributed by atoms with Gasteiger partial charge in [0.15, 0.2) is 0 Å². The van der Waals surface area contributed by atoms with Crippen molar-refractivity contribution in [2.75, 3.05) is 14.2 Å². The van der Waals surface area contributed by atoms with Crippen LogP contribution in [0, 0.1) is 11.8 Å². The quantitative estimate of drug-likeness (QED) is 0.597. The molecule has 0 aliphatic heterocycles. The number of carbonyl (C=O) groups excluding carboxylic acids is 2. The van der Waals surface area contributed by atoms with E-state index in [1.807, 2.05) is 0 Å². The van der Waals surface area contributed by atoms with Crippen molar-refractivity contribution in [3.63, 3.8) is 0 Å². The Morgan fingerprint density at radius 3 is 1.69 bits per heavy atom. The van der Waals surface area contributed by atoms with E-state index in [1.54, 1.807) is 0 Å². The first-order chi connectivity index (χ1) is 6.19. The van der Waals surface area contributed by atoms with Crippen molar-refractivity contribution in [1.29, 1.82) is 0 Å². The molecule has 0 bridgehead atoms. The monoisotopic (exact) mass is 186 g/mol. The van der Waals surface area contributed by atoms with E-state index in [2.05, 4.69) is 9.47 Å². The minimum atomic E-state index is -0.216. The van der Waals surface area contributed by atoms with E-state index in [4.69, 9.17) is 0 Å². The average Bonchev–Trinajstić information content (AvgIpc) is 2.64. The van der Waals surface area contributed by atoms with Crippen LogP contribution in [0.4, 0.5) is 0 Å². The highest BCUT2D eigenvalue weighted by molar-refractivity contribution is 5.77. The second-order valence-corrected chi connectivity index (χ2v) is 3.25. The fourth-order valence-corrected chi connectivity index (χ4v) is 1.74. The third kappa shape index (κ3) is 2.20. The Balaban J connectivity index is 2.44. The van der Waals surface area contributed by atoms with Gasteiger partial charge >= 0.3 is 11.9 Å². The van der Waals surface area contributed by atoms with Crippen molar-refractivity contribution in [3.8, 4) is 0 Å². The molecule has 13 heavy (non-hydrogen) atoms. The molecule has 74 valence electrons. The van der Waals surface area contributed by atoms with Gasteiger partial charge in [0.25, 0.3) is 0 Å². The van der Waals surface area contributed by atoms with Crippen LogP contribution in [0.5, 0.6) is 0 Å². The van der Waals surface area contributed by atoms with E-state index in [-0.39, 0.29) is 23.8 Å². The Bertz CT molecular complexity index is 190. The van der Waals surface area contributed by atoms with E-state index < -0.39 is 0 Å². The highest BCUT2D eigenvalue weighted by atomic mass is 16.5. The Kier molecular flexibility index (Phi) is 3.28. The zero-order valence-corrected chi connectivity index (χ0v) is 7.91. The lowest BCUT2D eigenvalue weighted by molar-refractivity contribution is -0.146. The molecule has 0 aromatic carbocycles. The topological polar surface area (TPSA) is 52.6 Å². The molecule has 4 heteroatoms. The van der Waals surface area contributed by atoms with Crippen molar-refractivity contribution in [3.05, 3.63) is 0 Å². The van der Waals surface area contributed by atoms with Crippen molar-refractivity contribution in [2.24, 2.45) is 11.8 Å². The molecule has 0 saturated heterocycles. The minimum absolute atomic E-state index is 0.117. The lowest BCUT2D eigenvalue weighted by Crippen LogP contribution is -2.16. The fourth-order valence-electron chi connectivity index (χ4n) is 1.74. The molecule has 0 heterocycles. The predicted molar refractivity (Wildman–Crippen MR) is 44.9 cm³/mol. The number of rotatable bonds is 2. The van der Waals surface area contributed by atoms with E-state index in [0.717, 1.165) is 12.8 Å². The Morgan fingerprint density at radius 1 is 1.00 bits per heavy atom. The molecular weight excluding hydrogens is 172 g/mol. The Labute approximate surface area is 77.2 Å². The molecule has 1 fully saturated rings. The molecule has 0 unspecified atom stereocenters. The molecule has 1 aliphatic rings. The van der Waals surface area contributed by atoms with Gasteiger partial charge in [-0.1, -0.05) is 0 Å². The van der Waals surface area contributed by atoms with Gasteiger partial charge in [0.1, 0.15) is 0 Å². The van der Waals surface area contributed by atoms with Gasteiger partial charge in [-0.25, -0.2) is 0 Å². The van der Waals surface area contributed by atoms with Crippen LogP contribution < -0.4 is 0 Å². The lowest BCUT2D eigenvalue weighted by Gasteiger charge is -2.07. The Morgan fingerprint density at radius 2 is 1.38 bits per heavy atom. The molecule has 0 N–H and O–H groups in total. The molecule has 0 aromatic rings. The summed E-state index contributed by atoms with van der Waals surface area (Å²) in [4.78, 5) is 22.2. The molecule has 1 rings (SSSR count). The van der Waals surface area contributed by atoms with E-state index >= 15 is 0 Å². The van der Waals surface area contributed by atoms with Crippen molar-refractivity contribution in [2.45, 2.75) is 19.3 Å². The van der Waals surface area contributed by atoms with Crippen molar-refractivity contribution >= 4 is 11.9 Å². The van der Waals surface area contributed by atoms with Gasteiger partial charge in [-0.15, -0.1) is 0 Å². The number of ether oxygens (including phenoxy) is 2. The third-order valence-corrected chi connectivity index (χ3v) is 2.50. The Hall–Kier alpha value is -1.06. The van der Waals surface area contributed by atoms with Crippen LogP contribution in [0.1, 0.15) is 19.3 Å². The molecule has 1 saturated carbocycles. The van der Waals surface area contributed by atoms with E-state index in [0.29, 0.717) is 6.42 Å². The molecule has 0 amide bonds. The largest absolute Gasteiger partial charge is 0.469 e. The summed E-state index contributed by atoms with van der Waals surface area (Å²) in [7, 11) is 2.74. The molecule has 0 radical (unpaired) electrons. The second kappa shape index (κ2) is 4.25. The molecule has 4 nitrogen and oxygen atoms in total. The van der Waals surface area contributed by atoms with Crippen LogP contribution in [-0.4, -0.2) is 26.2 Å². The predicted octanol–water partition coefficient (Wildman–Crippen LogP) is 0.749. The van der Waals surface area contributed by atoms with E-state index in [1.165, 1.54) is 14.2 Å². The highest BCUT2D eigenvalue weighted by Gasteiger charge is 2.34. The van der Waals surface area contributed by atoms with Gasteiger partial charge in [0, 0.05) is 0 Å². The van der Waals surface area contributed by atoms with Gasteiger partial charge in [0.2, 0.25) is 0 Å². The number of hydrogen-bond donors (Lipinski definition) is 0. The smallest absolute Gasteiger partial charge is 0.308 e. The van der Waals surface area contributed by atoms with Crippen molar-refractivity contribution < 1.29 is 19.1 Å². The summed E-state index contributed by atoms with van der Waals surface area (Å²) in [5.41, 5.74) is 0. The number of carbonyl (C=O) groups is 2. The SMILES string of the molecule is COC(=O)[C@H]1CC[C@H](C(=O)OC)C1. The summed E-state index contributed by atoms with van der Waals surface area (Å²) in [5, 5.41) is 0. The summed E-state index contributed by atoms with van der Waals surface area (Å²) in [6.07, 6.45) is 2.03. The van der Waals surface area contributed by atoms with E-state index in [9.17, 15) is 9.59 Å². The van der Waals surface area contributed by atoms with Gasteiger partial charge < -0.3 is 9.47 Å². The lowest BCUT2D eigenvalue weighted by atomic mass is 10.1. The summed E-state index contributed by atoms with van der Waals surface area (Å²) in [5.74, 6) is -0.666. The summed E-state index contributed by atoms with van der Waals surface area (Å²) in [6, 6.07) is 0. The van der Waals surface area contributed by atoms with Crippen LogP contribution in [0.2, 0.25) is 0 Å². The maximum Gasteiger partial charge on any atom is 0.308 e. The first-order valence-corrected chi connectivity index (χ1v) is 4.34. The normalized spacial score (nSPS) is 26.9. The maximum absolute atomic E-state index is 11.1. The van der Waals surface area contributed by atoms with Gasteiger partial charge in [-0.05, 0) is 19.3 Å². The first-order valence-electron chi connectivity index (χ1n) is 4.34. The number of hydrogen-bond acceptors (Lipinski definition) is 4. The zero-order valence-electron chi connectivity index (χ0n) is 7.91. The van der Waals surface area contributed by atoms with Crippen LogP contribution >= 0.6 is 0 Å². The summed E-state index contributed by atoms with van der Waals surface area (Å²) in [6.45, 7) is 0. The van der Waals surface area contributed by atoms with Crippen LogP contribution in [0.15, 0.2) is 0 Å². The maximum atomic E-state index is 11.1. The summed E-state index contributed by atoms with van der Waals surface area (Å²) >= 11 is 0. The van der Waals surface area contributed by atoms with Gasteiger partial charge in [-0.2, -0.15) is 0 Å². The number of methoxy groups -OCH3 is 2. The molecule has 0 aromatic heterocycles.